The lowest BCUT2D eigenvalue weighted by molar-refractivity contribution is -0.108. The van der Waals surface area contributed by atoms with Gasteiger partial charge in [0.25, 0.3) is 0 Å². The molecule has 1 N–H and O–H groups in total. The minimum Gasteiger partial charge on any atom is -0.372 e. The summed E-state index contributed by atoms with van der Waals surface area (Å²) in [6.45, 7) is 8.69. The molecule has 0 spiro atoms. The number of nitrogens with zero attached hydrogens (tertiary/aromatic N) is 2. The van der Waals surface area contributed by atoms with Crippen molar-refractivity contribution in [2.45, 2.75) is 26.4 Å². The number of morpholine rings is 1. The van der Waals surface area contributed by atoms with Crippen LogP contribution in [-0.4, -0.2) is 31.7 Å². The summed E-state index contributed by atoms with van der Waals surface area (Å²) in [7, 11) is 0. The summed E-state index contributed by atoms with van der Waals surface area (Å²) in [5.41, 5.74) is 7.87. The standard InChI is InChI=1S/C29H29N3O2/c1-21(18-31-20-33)28-26(23-9-7-22(17-30)8-10-23)5-4-6-27(28)24-11-13-25(14-12-24)32-15-16-34-29(2,3)19-32/h4-14,18,20H,15-16,19H2,1-3H3,(H,31,33)/b21-18-. The fourth-order valence-corrected chi connectivity index (χ4v) is 4.50. The van der Waals surface area contributed by atoms with E-state index < -0.39 is 0 Å². The number of nitriles is 1. The van der Waals surface area contributed by atoms with Gasteiger partial charge in [-0.15, -0.1) is 0 Å². The predicted octanol–water partition coefficient (Wildman–Crippen LogP) is 5.61. The lowest BCUT2D eigenvalue weighted by atomic mass is 9.88. The van der Waals surface area contributed by atoms with Crippen molar-refractivity contribution in [1.29, 1.82) is 5.26 Å². The Morgan fingerprint density at radius 3 is 2.21 bits per heavy atom. The number of benzene rings is 3. The molecule has 0 saturated carbocycles. The van der Waals surface area contributed by atoms with E-state index >= 15 is 0 Å². The van der Waals surface area contributed by atoms with Gasteiger partial charge in [-0.1, -0.05) is 42.5 Å². The first-order chi connectivity index (χ1) is 16.4. The molecule has 1 fully saturated rings. The second kappa shape index (κ2) is 9.94. The molecule has 0 aliphatic carbocycles. The van der Waals surface area contributed by atoms with Gasteiger partial charge in [-0.05, 0) is 78.4 Å². The smallest absolute Gasteiger partial charge is 0.211 e. The van der Waals surface area contributed by atoms with Crippen molar-refractivity contribution in [3.05, 3.63) is 84.1 Å². The van der Waals surface area contributed by atoms with E-state index in [1.54, 1.807) is 6.20 Å². The van der Waals surface area contributed by atoms with Crippen molar-refractivity contribution >= 4 is 17.7 Å². The summed E-state index contributed by atoms with van der Waals surface area (Å²) >= 11 is 0. The fourth-order valence-electron chi connectivity index (χ4n) is 4.50. The van der Waals surface area contributed by atoms with Crippen LogP contribution in [0.3, 0.4) is 0 Å². The Morgan fingerprint density at radius 1 is 1.03 bits per heavy atom. The zero-order chi connectivity index (χ0) is 24.1. The first-order valence-electron chi connectivity index (χ1n) is 11.4. The Hall–Kier alpha value is -3.88. The molecule has 1 amide bonds. The minimum atomic E-state index is -0.160. The van der Waals surface area contributed by atoms with Gasteiger partial charge in [0.05, 0.1) is 23.8 Å². The first kappa shape index (κ1) is 23.3. The van der Waals surface area contributed by atoms with Gasteiger partial charge < -0.3 is 15.0 Å². The van der Waals surface area contributed by atoms with Crippen molar-refractivity contribution < 1.29 is 9.53 Å². The number of anilines is 1. The largest absolute Gasteiger partial charge is 0.372 e. The Labute approximate surface area is 201 Å². The summed E-state index contributed by atoms with van der Waals surface area (Å²) in [6.07, 6.45) is 2.40. The summed E-state index contributed by atoms with van der Waals surface area (Å²) in [5, 5.41) is 11.8. The van der Waals surface area contributed by atoms with Gasteiger partial charge in [-0.25, -0.2) is 0 Å². The average Bonchev–Trinajstić information content (AvgIpc) is 2.86. The number of hydrogen-bond donors (Lipinski definition) is 1. The summed E-state index contributed by atoms with van der Waals surface area (Å²) in [4.78, 5) is 13.3. The molecule has 3 aromatic carbocycles. The van der Waals surface area contributed by atoms with E-state index in [1.165, 1.54) is 5.69 Å². The molecule has 5 heteroatoms. The molecule has 1 aliphatic rings. The Kier molecular flexibility index (Phi) is 6.81. The van der Waals surface area contributed by atoms with E-state index in [0.29, 0.717) is 12.0 Å². The number of ether oxygens (including phenoxy) is 1. The second-order valence-corrected chi connectivity index (χ2v) is 9.11. The van der Waals surface area contributed by atoms with Crippen LogP contribution in [0.2, 0.25) is 0 Å². The van der Waals surface area contributed by atoms with Gasteiger partial charge in [0.2, 0.25) is 6.41 Å². The molecule has 4 rings (SSSR count). The van der Waals surface area contributed by atoms with Crippen molar-refractivity contribution in [3.8, 4) is 28.3 Å². The van der Waals surface area contributed by atoms with Gasteiger partial charge in [0.1, 0.15) is 0 Å². The predicted molar refractivity (Wildman–Crippen MR) is 137 cm³/mol. The number of hydrogen-bond acceptors (Lipinski definition) is 4. The number of carbonyl (C=O) groups excluding carboxylic acids is 1. The molecule has 0 atom stereocenters. The Balaban J connectivity index is 1.76. The fraction of sp³-hybridized carbons (Fsp3) is 0.241. The van der Waals surface area contributed by atoms with Crippen LogP contribution in [0.5, 0.6) is 0 Å². The van der Waals surface area contributed by atoms with Crippen LogP contribution in [-0.2, 0) is 9.53 Å². The quantitative estimate of drug-likeness (QED) is 0.495. The van der Waals surface area contributed by atoms with E-state index in [-0.39, 0.29) is 5.60 Å². The van der Waals surface area contributed by atoms with Gasteiger partial charge in [0, 0.05) is 25.0 Å². The van der Waals surface area contributed by atoms with Crippen LogP contribution in [0.1, 0.15) is 31.9 Å². The van der Waals surface area contributed by atoms with E-state index in [0.717, 1.165) is 53.1 Å². The molecule has 5 nitrogen and oxygen atoms in total. The number of allylic oxidation sites excluding steroid dienone is 1. The van der Waals surface area contributed by atoms with Crippen molar-refractivity contribution in [2.24, 2.45) is 0 Å². The van der Waals surface area contributed by atoms with Crippen LogP contribution < -0.4 is 10.2 Å². The van der Waals surface area contributed by atoms with Gasteiger partial charge in [-0.3, -0.25) is 4.79 Å². The monoisotopic (exact) mass is 451 g/mol. The SMILES string of the molecule is C/C(=C/NC=O)c1c(-c2ccc(C#N)cc2)cccc1-c1ccc(N2CCOC(C)(C)C2)cc1. The van der Waals surface area contributed by atoms with Gasteiger partial charge in [-0.2, -0.15) is 5.26 Å². The molecule has 1 heterocycles. The maximum atomic E-state index is 11.0. The minimum absolute atomic E-state index is 0.160. The zero-order valence-corrected chi connectivity index (χ0v) is 19.8. The lowest BCUT2D eigenvalue weighted by Gasteiger charge is -2.39. The van der Waals surface area contributed by atoms with Crippen molar-refractivity contribution in [2.75, 3.05) is 24.6 Å². The molecule has 0 bridgehead atoms. The third kappa shape index (κ3) is 5.03. The average molecular weight is 452 g/mol. The second-order valence-electron chi connectivity index (χ2n) is 9.11. The number of rotatable bonds is 6. The molecular weight excluding hydrogens is 422 g/mol. The van der Waals surface area contributed by atoms with E-state index in [9.17, 15) is 4.79 Å². The molecule has 1 aliphatic heterocycles. The number of amides is 1. The maximum Gasteiger partial charge on any atom is 0.211 e. The number of nitrogens with one attached hydrogen (secondary N) is 1. The third-order valence-corrected chi connectivity index (χ3v) is 6.12. The lowest BCUT2D eigenvalue weighted by Crippen LogP contribution is -2.48. The number of carbonyl (C=O) groups is 1. The molecule has 0 unspecified atom stereocenters. The summed E-state index contributed by atoms with van der Waals surface area (Å²) in [6, 6.07) is 24.6. The molecule has 0 radical (unpaired) electrons. The Bertz CT molecular complexity index is 1240. The van der Waals surface area contributed by atoms with Crippen LogP contribution in [0.25, 0.3) is 27.8 Å². The van der Waals surface area contributed by atoms with Crippen LogP contribution >= 0.6 is 0 Å². The highest BCUT2D eigenvalue weighted by Gasteiger charge is 2.27. The summed E-state index contributed by atoms with van der Waals surface area (Å²) in [5.74, 6) is 0. The normalized spacial score (nSPS) is 15.5. The Morgan fingerprint density at radius 2 is 1.65 bits per heavy atom. The van der Waals surface area contributed by atoms with Crippen LogP contribution in [0.15, 0.2) is 72.9 Å². The highest BCUT2D eigenvalue weighted by molar-refractivity contribution is 5.91. The maximum absolute atomic E-state index is 11.0. The first-order valence-corrected chi connectivity index (χ1v) is 11.4. The highest BCUT2D eigenvalue weighted by atomic mass is 16.5. The van der Waals surface area contributed by atoms with Gasteiger partial charge in [0.15, 0.2) is 0 Å². The molecule has 34 heavy (non-hydrogen) atoms. The van der Waals surface area contributed by atoms with E-state index in [2.05, 4.69) is 66.5 Å². The van der Waals surface area contributed by atoms with Crippen LogP contribution in [0.4, 0.5) is 5.69 Å². The molecular formula is C29H29N3O2. The van der Waals surface area contributed by atoms with Crippen LogP contribution in [0, 0.1) is 11.3 Å². The molecule has 0 aromatic heterocycles. The van der Waals surface area contributed by atoms with Crippen molar-refractivity contribution in [3.63, 3.8) is 0 Å². The highest BCUT2D eigenvalue weighted by Crippen LogP contribution is 2.37. The molecule has 3 aromatic rings. The topological polar surface area (TPSA) is 65.4 Å². The van der Waals surface area contributed by atoms with E-state index in [4.69, 9.17) is 10.00 Å². The molecule has 172 valence electrons. The van der Waals surface area contributed by atoms with E-state index in [1.807, 2.05) is 37.3 Å². The van der Waals surface area contributed by atoms with Gasteiger partial charge >= 0.3 is 0 Å². The summed E-state index contributed by atoms with van der Waals surface area (Å²) < 4.78 is 5.86. The third-order valence-electron chi connectivity index (χ3n) is 6.12. The van der Waals surface area contributed by atoms with Crippen molar-refractivity contribution in [1.82, 2.24) is 5.32 Å². The molecule has 1 saturated heterocycles. The zero-order valence-electron chi connectivity index (χ0n) is 19.8.